The molecule has 1 heterocycles. The van der Waals surface area contributed by atoms with E-state index in [1.165, 1.54) is 12.8 Å². The lowest BCUT2D eigenvalue weighted by molar-refractivity contribution is -0.131. The predicted octanol–water partition coefficient (Wildman–Crippen LogP) is 0.523. The summed E-state index contributed by atoms with van der Waals surface area (Å²) in [5, 5.41) is 1.70. The van der Waals surface area contributed by atoms with Crippen molar-refractivity contribution in [3.05, 3.63) is 0 Å². The first-order chi connectivity index (χ1) is 4.80. The van der Waals surface area contributed by atoms with Gasteiger partial charge in [0.1, 0.15) is 0 Å². The highest BCUT2D eigenvalue weighted by molar-refractivity contribution is 5.72. The first kappa shape index (κ1) is 7.54. The van der Waals surface area contributed by atoms with Crippen molar-refractivity contribution in [2.75, 3.05) is 13.1 Å². The number of carbonyl (C=O) groups is 1. The Morgan fingerprint density at radius 1 is 1.40 bits per heavy atom. The number of hydrazine groups is 1. The second-order valence-electron chi connectivity index (χ2n) is 2.64. The normalized spacial score (nSPS) is 20.3. The van der Waals surface area contributed by atoms with Crippen LogP contribution < -0.4 is 5.43 Å². The molecule has 0 bridgehead atoms. The van der Waals surface area contributed by atoms with Gasteiger partial charge in [-0.15, -0.1) is 0 Å². The van der Waals surface area contributed by atoms with Gasteiger partial charge in [0.15, 0.2) is 0 Å². The van der Waals surface area contributed by atoms with Gasteiger partial charge in [-0.25, -0.2) is 5.43 Å². The molecule has 10 heavy (non-hydrogen) atoms. The summed E-state index contributed by atoms with van der Waals surface area (Å²) in [6.45, 7) is 3.41. The lowest BCUT2D eigenvalue weighted by Crippen LogP contribution is -2.41. The number of rotatable bonds is 0. The maximum absolute atomic E-state index is 10.8. The van der Waals surface area contributed by atoms with Crippen molar-refractivity contribution < 1.29 is 4.79 Å². The minimum Gasteiger partial charge on any atom is -0.278 e. The summed E-state index contributed by atoms with van der Waals surface area (Å²) in [6.07, 6.45) is 3.55. The molecule has 0 spiro atoms. The smallest absolute Gasteiger partial charge is 0.233 e. The van der Waals surface area contributed by atoms with Crippen LogP contribution in [-0.2, 0) is 4.79 Å². The van der Waals surface area contributed by atoms with Gasteiger partial charge in [0, 0.05) is 20.0 Å². The van der Waals surface area contributed by atoms with E-state index >= 15 is 0 Å². The standard InChI is InChI=1S/C7H14N2O/c1-7(10)9-6-4-2-3-5-8-9/h8H,2-6H2,1H3. The summed E-state index contributed by atoms with van der Waals surface area (Å²) in [5.41, 5.74) is 3.06. The molecule has 1 fully saturated rings. The second-order valence-corrected chi connectivity index (χ2v) is 2.64. The Bertz CT molecular complexity index is 117. The van der Waals surface area contributed by atoms with Crippen molar-refractivity contribution in [1.82, 2.24) is 10.4 Å². The number of hydrogen-bond donors (Lipinski definition) is 1. The van der Waals surface area contributed by atoms with Crippen LogP contribution >= 0.6 is 0 Å². The molecule has 58 valence electrons. The molecule has 0 aromatic carbocycles. The van der Waals surface area contributed by atoms with E-state index < -0.39 is 0 Å². The zero-order valence-electron chi connectivity index (χ0n) is 6.39. The molecular formula is C7H14N2O. The maximum atomic E-state index is 10.8. The summed E-state index contributed by atoms with van der Waals surface area (Å²) in [7, 11) is 0. The van der Waals surface area contributed by atoms with Gasteiger partial charge in [0.2, 0.25) is 5.91 Å². The molecule has 1 N–H and O–H groups in total. The molecule has 1 rings (SSSR count). The largest absolute Gasteiger partial charge is 0.278 e. The Labute approximate surface area is 61.4 Å². The van der Waals surface area contributed by atoms with Gasteiger partial charge in [-0.2, -0.15) is 0 Å². The first-order valence-corrected chi connectivity index (χ1v) is 3.82. The van der Waals surface area contributed by atoms with Gasteiger partial charge in [0.05, 0.1) is 0 Å². The van der Waals surface area contributed by atoms with Crippen LogP contribution in [0.1, 0.15) is 26.2 Å². The SMILES string of the molecule is CC(=O)N1CCCCCN1. The fourth-order valence-electron chi connectivity index (χ4n) is 1.13. The predicted molar refractivity (Wildman–Crippen MR) is 39.2 cm³/mol. The topological polar surface area (TPSA) is 32.3 Å². The van der Waals surface area contributed by atoms with Crippen molar-refractivity contribution in [2.24, 2.45) is 0 Å². The van der Waals surface area contributed by atoms with Crippen LogP contribution in [0.4, 0.5) is 0 Å². The average Bonchev–Trinajstić information content (AvgIpc) is 2.12. The molecule has 0 unspecified atom stereocenters. The molecule has 0 aromatic heterocycles. The third kappa shape index (κ3) is 1.99. The fraction of sp³-hybridized carbons (Fsp3) is 0.857. The zero-order valence-corrected chi connectivity index (χ0v) is 6.39. The van der Waals surface area contributed by atoms with Crippen LogP contribution in [0.5, 0.6) is 0 Å². The molecule has 1 amide bonds. The average molecular weight is 142 g/mol. The third-order valence-electron chi connectivity index (χ3n) is 1.74. The monoisotopic (exact) mass is 142 g/mol. The Kier molecular flexibility index (Phi) is 2.68. The summed E-state index contributed by atoms with van der Waals surface area (Å²) >= 11 is 0. The Balaban J connectivity index is 2.35. The summed E-state index contributed by atoms with van der Waals surface area (Å²) in [5.74, 6) is 0.127. The molecular weight excluding hydrogens is 128 g/mol. The van der Waals surface area contributed by atoms with E-state index in [9.17, 15) is 4.79 Å². The van der Waals surface area contributed by atoms with Gasteiger partial charge in [-0.3, -0.25) is 9.80 Å². The van der Waals surface area contributed by atoms with Crippen molar-refractivity contribution >= 4 is 5.91 Å². The molecule has 0 radical (unpaired) electrons. The van der Waals surface area contributed by atoms with Gasteiger partial charge in [-0.05, 0) is 12.8 Å². The molecule has 0 aromatic rings. The van der Waals surface area contributed by atoms with Crippen molar-refractivity contribution in [3.8, 4) is 0 Å². The van der Waals surface area contributed by atoms with E-state index in [1.54, 1.807) is 11.9 Å². The molecule has 3 heteroatoms. The van der Waals surface area contributed by atoms with E-state index in [0.717, 1.165) is 19.5 Å². The van der Waals surface area contributed by atoms with Gasteiger partial charge in [-0.1, -0.05) is 6.42 Å². The van der Waals surface area contributed by atoms with Crippen molar-refractivity contribution in [3.63, 3.8) is 0 Å². The van der Waals surface area contributed by atoms with Crippen LogP contribution in [0.15, 0.2) is 0 Å². The number of carbonyl (C=O) groups excluding carboxylic acids is 1. The van der Waals surface area contributed by atoms with E-state index in [-0.39, 0.29) is 5.91 Å². The highest BCUT2D eigenvalue weighted by atomic mass is 16.2. The van der Waals surface area contributed by atoms with Gasteiger partial charge < -0.3 is 0 Å². The number of nitrogens with zero attached hydrogens (tertiary/aromatic N) is 1. The number of amides is 1. The Morgan fingerprint density at radius 2 is 2.20 bits per heavy atom. The molecule has 0 saturated carbocycles. The molecule has 0 aliphatic carbocycles. The molecule has 3 nitrogen and oxygen atoms in total. The van der Waals surface area contributed by atoms with E-state index in [2.05, 4.69) is 5.43 Å². The zero-order chi connectivity index (χ0) is 7.40. The second kappa shape index (κ2) is 3.56. The maximum Gasteiger partial charge on any atom is 0.233 e. The van der Waals surface area contributed by atoms with Gasteiger partial charge >= 0.3 is 0 Å². The van der Waals surface area contributed by atoms with E-state index in [1.807, 2.05) is 0 Å². The number of nitrogens with one attached hydrogen (secondary N) is 1. The summed E-state index contributed by atoms with van der Waals surface area (Å²) in [6, 6.07) is 0. The Hall–Kier alpha value is -0.570. The van der Waals surface area contributed by atoms with Crippen LogP contribution in [0.3, 0.4) is 0 Å². The molecule has 0 atom stereocenters. The fourth-order valence-corrected chi connectivity index (χ4v) is 1.13. The number of hydrogen-bond acceptors (Lipinski definition) is 2. The first-order valence-electron chi connectivity index (χ1n) is 3.82. The van der Waals surface area contributed by atoms with Crippen molar-refractivity contribution in [1.29, 1.82) is 0 Å². The quantitative estimate of drug-likeness (QED) is 0.535. The van der Waals surface area contributed by atoms with E-state index in [4.69, 9.17) is 0 Å². The van der Waals surface area contributed by atoms with E-state index in [0.29, 0.717) is 0 Å². The van der Waals surface area contributed by atoms with Crippen LogP contribution in [0.2, 0.25) is 0 Å². The van der Waals surface area contributed by atoms with Crippen LogP contribution in [0, 0.1) is 0 Å². The molecule has 1 saturated heterocycles. The highest BCUT2D eigenvalue weighted by Gasteiger charge is 2.09. The minimum absolute atomic E-state index is 0.127. The summed E-state index contributed by atoms with van der Waals surface area (Å²) < 4.78 is 0. The lowest BCUT2D eigenvalue weighted by Gasteiger charge is -2.18. The van der Waals surface area contributed by atoms with Crippen molar-refractivity contribution in [2.45, 2.75) is 26.2 Å². The van der Waals surface area contributed by atoms with Crippen LogP contribution in [-0.4, -0.2) is 24.0 Å². The third-order valence-corrected chi connectivity index (χ3v) is 1.74. The van der Waals surface area contributed by atoms with Gasteiger partial charge in [0.25, 0.3) is 0 Å². The lowest BCUT2D eigenvalue weighted by atomic mass is 10.2. The Morgan fingerprint density at radius 3 is 2.90 bits per heavy atom. The molecule has 1 aliphatic heterocycles. The van der Waals surface area contributed by atoms with Crippen LogP contribution in [0.25, 0.3) is 0 Å². The summed E-state index contributed by atoms with van der Waals surface area (Å²) in [4.78, 5) is 10.8. The molecule has 1 aliphatic rings. The highest BCUT2D eigenvalue weighted by Crippen LogP contribution is 2.01. The minimum atomic E-state index is 0.127.